The molecule has 28 heavy (non-hydrogen) atoms. The Morgan fingerprint density at radius 2 is 1.61 bits per heavy atom. The number of ether oxygens (including phenoxy) is 2. The number of likely N-dealkylation sites (tertiary alicyclic amines) is 1. The summed E-state index contributed by atoms with van der Waals surface area (Å²) in [7, 11) is 0. The third-order valence-corrected chi connectivity index (χ3v) is 5.25. The number of nitrogens with zero attached hydrogens (tertiary/aromatic N) is 1. The van der Waals surface area contributed by atoms with Crippen molar-refractivity contribution in [1.82, 2.24) is 4.90 Å². The number of hydrogen-bond acceptors (Lipinski definition) is 5. The maximum Gasteiger partial charge on any atom is 0.255 e. The van der Waals surface area contributed by atoms with E-state index >= 15 is 0 Å². The Morgan fingerprint density at radius 3 is 2.25 bits per heavy atom. The molecular weight excluding hydrogens is 428 g/mol. The summed E-state index contributed by atoms with van der Waals surface area (Å²) >= 11 is 3.43. The molecule has 8 heteroatoms. The van der Waals surface area contributed by atoms with Crippen LogP contribution in [-0.4, -0.2) is 35.8 Å². The van der Waals surface area contributed by atoms with Crippen molar-refractivity contribution >= 4 is 39.3 Å². The Hall–Kier alpha value is -2.87. The van der Waals surface area contributed by atoms with Crippen molar-refractivity contribution in [3.05, 3.63) is 52.0 Å². The number of rotatable bonds is 4. The molecule has 2 aliphatic heterocycles. The molecule has 0 radical (unpaired) electrons. The molecule has 0 unspecified atom stereocenters. The second-order valence-corrected chi connectivity index (χ2v) is 7.35. The average molecular weight is 445 g/mol. The van der Waals surface area contributed by atoms with Crippen molar-refractivity contribution in [2.24, 2.45) is 0 Å². The molecule has 0 saturated carbocycles. The number of halogens is 1. The summed E-state index contributed by atoms with van der Waals surface area (Å²) in [4.78, 5) is 37.3. The quantitative estimate of drug-likeness (QED) is 0.732. The highest BCUT2D eigenvalue weighted by atomic mass is 79.9. The number of benzene rings is 2. The van der Waals surface area contributed by atoms with Crippen molar-refractivity contribution in [2.75, 3.05) is 18.5 Å². The van der Waals surface area contributed by atoms with Crippen molar-refractivity contribution in [2.45, 2.75) is 19.4 Å². The molecular formula is C20H17BrN2O5. The third-order valence-electron chi connectivity index (χ3n) is 4.59. The van der Waals surface area contributed by atoms with Gasteiger partial charge in [-0.1, -0.05) is 12.1 Å². The van der Waals surface area contributed by atoms with E-state index < -0.39 is 0 Å². The number of amides is 3. The molecule has 0 spiro atoms. The normalized spacial score (nSPS) is 15.7. The largest absolute Gasteiger partial charge is 0.486 e. The van der Waals surface area contributed by atoms with Gasteiger partial charge in [0.05, 0.1) is 12.2 Å². The zero-order valence-electron chi connectivity index (χ0n) is 14.9. The summed E-state index contributed by atoms with van der Waals surface area (Å²) in [5.74, 6) is 0.620. The van der Waals surface area contributed by atoms with E-state index in [4.69, 9.17) is 9.47 Å². The van der Waals surface area contributed by atoms with Gasteiger partial charge in [-0.25, -0.2) is 0 Å². The number of imide groups is 1. The zero-order valence-corrected chi connectivity index (χ0v) is 16.5. The Balaban J connectivity index is 1.45. The first-order valence-electron chi connectivity index (χ1n) is 8.84. The third kappa shape index (κ3) is 3.73. The standard InChI is InChI=1S/C20H17BrN2O5/c21-14-9-16-17(28-8-7-27-16)10-15(14)22-20(26)13-3-1-12(2-4-13)11-23-18(24)5-6-19(23)25/h1-4,9-10H,5-8,11H2,(H,22,26). The molecule has 2 aliphatic rings. The topological polar surface area (TPSA) is 84.9 Å². The zero-order chi connectivity index (χ0) is 19.7. The highest BCUT2D eigenvalue weighted by Crippen LogP contribution is 2.38. The van der Waals surface area contributed by atoms with E-state index in [0.717, 1.165) is 5.56 Å². The van der Waals surface area contributed by atoms with E-state index in [1.165, 1.54) is 4.90 Å². The molecule has 1 N–H and O–H groups in total. The summed E-state index contributed by atoms with van der Waals surface area (Å²) in [5.41, 5.74) is 1.83. The minimum Gasteiger partial charge on any atom is -0.486 e. The summed E-state index contributed by atoms with van der Waals surface area (Å²) in [6.07, 6.45) is 0.535. The fourth-order valence-corrected chi connectivity index (χ4v) is 3.52. The van der Waals surface area contributed by atoms with Gasteiger partial charge in [-0.3, -0.25) is 19.3 Å². The van der Waals surface area contributed by atoms with E-state index in [2.05, 4.69) is 21.2 Å². The van der Waals surface area contributed by atoms with Gasteiger partial charge < -0.3 is 14.8 Å². The SMILES string of the molecule is O=C(Nc1cc2c(cc1Br)OCCO2)c1ccc(CN2C(=O)CCC2=O)cc1. The number of hydrogen-bond donors (Lipinski definition) is 1. The Morgan fingerprint density at radius 1 is 1.00 bits per heavy atom. The lowest BCUT2D eigenvalue weighted by Gasteiger charge is -2.20. The lowest BCUT2D eigenvalue weighted by Crippen LogP contribution is -2.28. The minimum atomic E-state index is -0.280. The van der Waals surface area contributed by atoms with Crippen LogP contribution in [-0.2, 0) is 16.1 Å². The first kappa shape index (κ1) is 18.5. The smallest absolute Gasteiger partial charge is 0.255 e. The molecule has 1 fully saturated rings. The maximum absolute atomic E-state index is 12.6. The van der Waals surface area contributed by atoms with Gasteiger partial charge in [-0.05, 0) is 33.6 Å². The molecule has 2 heterocycles. The molecule has 7 nitrogen and oxygen atoms in total. The van der Waals surface area contributed by atoms with Gasteiger partial charge in [0, 0.05) is 35.0 Å². The number of carbonyl (C=O) groups excluding carboxylic acids is 3. The van der Waals surface area contributed by atoms with Crippen LogP contribution in [0.5, 0.6) is 11.5 Å². The summed E-state index contributed by atoms with van der Waals surface area (Å²) in [5, 5.41) is 2.84. The summed E-state index contributed by atoms with van der Waals surface area (Å²) in [6, 6.07) is 10.3. The fraction of sp³-hybridized carbons (Fsp3) is 0.250. The van der Waals surface area contributed by atoms with Gasteiger partial charge in [-0.15, -0.1) is 0 Å². The van der Waals surface area contributed by atoms with Crippen LogP contribution >= 0.6 is 15.9 Å². The van der Waals surface area contributed by atoms with Crippen molar-refractivity contribution in [3.63, 3.8) is 0 Å². The molecule has 1 saturated heterocycles. The van der Waals surface area contributed by atoms with Crippen LogP contribution in [0.25, 0.3) is 0 Å². The second-order valence-electron chi connectivity index (χ2n) is 6.50. The lowest BCUT2D eigenvalue weighted by molar-refractivity contribution is -0.139. The van der Waals surface area contributed by atoms with Crippen LogP contribution in [0.1, 0.15) is 28.8 Å². The fourth-order valence-electron chi connectivity index (χ4n) is 3.10. The van der Waals surface area contributed by atoms with Crippen molar-refractivity contribution in [1.29, 1.82) is 0 Å². The van der Waals surface area contributed by atoms with Crippen molar-refractivity contribution in [3.8, 4) is 11.5 Å². The molecule has 0 bridgehead atoms. The summed E-state index contributed by atoms with van der Waals surface area (Å²) in [6.45, 7) is 1.19. The summed E-state index contributed by atoms with van der Waals surface area (Å²) < 4.78 is 11.7. The number of carbonyl (C=O) groups is 3. The van der Waals surface area contributed by atoms with Gasteiger partial charge in [0.25, 0.3) is 5.91 Å². The van der Waals surface area contributed by atoms with Crippen molar-refractivity contribution < 1.29 is 23.9 Å². The van der Waals surface area contributed by atoms with Gasteiger partial charge in [0.2, 0.25) is 11.8 Å². The van der Waals surface area contributed by atoms with Gasteiger partial charge in [-0.2, -0.15) is 0 Å². The minimum absolute atomic E-state index is 0.157. The molecule has 0 atom stereocenters. The Bertz CT molecular complexity index is 942. The predicted octanol–water partition coefficient (Wildman–Crippen LogP) is 3.12. The van der Waals surface area contributed by atoms with Crippen LogP contribution in [0.15, 0.2) is 40.9 Å². The van der Waals surface area contributed by atoms with E-state index in [1.807, 2.05) is 0 Å². The number of nitrogens with one attached hydrogen (secondary N) is 1. The molecule has 0 aromatic heterocycles. The molecule has 4 rings (SSSR count). The molecule has 3 amide bonds. The van der Waals surface area contributed by atoms with Crippen LogP contribution in [0.2, 0.25) is 0 Å². The predicted molar refractivity (Wildman–Crippen MR) is 104 cm³/mol. The van der Waals surface area contributed by atoms with E-state index in [-0.39, 0.29) is 37.1 Å². The first-order chi connectivity index (χ1) is 13.5. The maximum atomic E-state index is 12.6. The Labute approximate surface area is 169 Å². The van der Waals surface area contributed by atoms with Gasteiger partial charge in [0.1, 0.15) is 13.2 Å². The van der Waals surface area contributed by atoms with Crippen LogP contribution in [0, 0.1) is 0 Å². The van der Waals surface area contributed by atoms with E-state index in [1.54, 1.807) is 36.4 Å². The molecule has 0 aliphatic carbocycles. The second kappa shape index (κ2) is 7.63. The van der Waals surface area contributed by atoms with Gasteiger partial charge >= 0.3 is 0 Å². The lowest BCUT2D eigenvalue weighted by atomic mass is 10.1. The van der Waals surface area contributed by atoms with E-state index in [9.17, 15) is 14.4 Å². The highest BCUT2D eigenvalue weighted by Gasteiger charge is 2.28. The van der Waals surface area contributed by atoms with Crippen LogP contribution < -0.4 is 14.8 Å². The van der Waals surface area contributed by atoms with Crippen LogP contribution in [0.3, 0.4) is 0 Å². The monoisotopic (exact) mass is 444 g/mol. The average Bonchev–Trinajstić information content (AvgIpc) is 3.01. The van der Waals surface area contributed by atoms with Crippen LogP contribution in [0.4, 0.5) is 5.69 Å². The number of anilines is 1. The molecule has 2 aromatic carbocycles. The molecule has 2 aromatic rings. The highest BCUT2D eigenvalue weighted by molar-refractivity contribution is 9.10. The van der Waals surface area contributed by atoms with Gasteiger partial charge in [0.15, 0.2) is 11.5 Å². The van der Waals surface area contributed by atoms with E-state index in [0.29, 0.717) is 40.4 Å². The number of fused-ring (bicyclic) bond motifs is 1. The molecule has 144 valence electrons. The first-order valence-corrected chi connectivity index (χ1v) is 9.63. The Kier molecular flexibility index (Phi) is 5.04.